The zero-order chi connectivity index (χ0) is 12.6. The number of benzene rings is 1. The molecule has 0 spiro atoms. The van der Waals surface area contributed by atoms with Gasteiger partial charge in [-0.3, -0.25) is 4.79 Å². The summed E-state index contributed by atoms with van der Waals surface area (Å²) in [6.45, 7) is 1.56. The Bertz CT molecular complexity index is 355. The first-order valence-corrected chi connectivity index (χ1v) is 6.59. The Hall–Kier alpha value is -1.19. The number of ketones is 1. The van der Waals surface area contributed by atoms with Crippen molar-refractivity contribution in [3.8, 4) is 0 Å². The van der Waals surface area contributed by atoms with Crippen molar-refractivity contribution in [2.24, 2.45) is 0 Å². The molecule has 1 aliphatic rings. The number of rotatable bonds is 6. The number of carbonyl (C=O) groups excluding carboxylic acids is 1. The lowest BCUT2D eigenvalue weighted by molar-refractivity contribution is -0.125. The number of Topliss-reactive ketones (excluding diaryl/α,β-unsaturated/α-hetero) is 1. The Labute approximate surface area is 108 Å². The molecule has 1 aliphatic heterocycles. The molecule has 0 amide bonds. The number of carbonyl (C=O) groups is 1. The topological polar surface area (TPSA) is 35.5 Å². The Kier molecular flexibility index (Phi) is 5.36. The summed E-state index contributed by atoms with van der Waals surface area (Å²) in [5, 5.41) is 0. The van der Waals surface area contributed by atoms with Gasteiger partial charge >= 0.3 is 0 Å². The summed E-state index contributed by atoms with van der Waals surface area (Å²) in [5.74, 6) is 0.122. The summed E-state index contributed by atoms with van der Waals surface area (Å²) in [5.41, 5.74) is 1.04. The third-order valence-corrected chi connectivity index (χ3v) is 3.08. The van der Waals surface area contributed by atoms with Crippen molar-refractivity contribution in [2.45, 2.75) is 31.8 Å². The first-order valence-electron chi connectivity index (χ1n) is 6.59. The minimum Gasteiger partial charge on any atom is -0.376 e. The average molecular weight is 248 g/mol. The first-order chi connectivity index (χ1) is 8.84. The van der Waals surface area contributed by atoms with Gasteiger partial charge in [-0.15, -0.1) is 0 Å². The van der Waals surface area contributed by atoms with Gasteiger partial charge in [-0.1, -0.05) is 30.3 Å². The van der Waals surface area contributed by atoms with Gasteiger partial charge in [0.05, 0.1) is 12.7 Å². The zero-order valence-electron chi connectivity index (χ0n) is 10.6. The van der Waals surface area contributed by atoms with Crippen molar-refractivity contribution in [1.29, 1.82) is 0 Å². The van der Waals surface area contributed by atoms with Gasteiger partial charge in [-0.2, -0.15) is 0 Å². The lowest BCUT2D eigenvalue weighted by Crippen LogP contribution is -2.26. The third-order valence-electron chi connectivity index (χ3n) is 3.08. The summed E-state index contributed by atoms with van der Waals surface area (Å²) in [7, 11) is 0. The Balaban J connectivity index is 1.62. The molecule has 98 valence electrons. The second-order valence-corrected chi connectivity index (χ2v) is 4.70. The Morgan fingerprint density at radius 1 is 1.28 bits per heavy atom. The monoisotopic (exact) mass is 248 g/mol. The van der Waals surface area contributed by atoms with E-state index in [4.69, 9.17) is 9.47 Å². The van der Waals surface area contributed by atoms with Gasteiger partial charge in [0.1, 0.15) is 6.61 Å². The maximum absolute atomic E-state index is 11.7. The molecule has 0 saturated carbocycles. The molecule has 1 heterocycles. The molecule has 0 N–H and O–H groups in total. The van der Waals surface area contributed by atoms with E-state index in [-0.39, 0.29) is 18.5 Å². The molecule has 0 bridgehead atoms. The molecule has 1 aromatic rings. The van der Waals surface area contributed by atoms with Gasteiger partial charge < -0.3 is 9.47 Å². The first kappa shape index (κ1) is 13.2. The highest BCUT2D eigenvalue weighted by Crippen LogP contribution is 2.12. The summed E-state index contributed by atoms with van der Waals surface area (Å²) in [6.07, 6.45) is 4.03. The van der Waals surface area contributed by atoms with Crippen LogP contribution in [0.3, 0.4) is 0 Å². The van der Waals surface area contributed by atoms with E-state index in [9.17, 15) is 4.79 Å². The predicted octanol–water partition coefficient (Wildman–Crippen LogP) is 2.38. The van der Waals surface area contributed by atoms with Gasteiger partial charge in [0.25, 0.3) is 0 Å². The molecular formula is C15H20O3. The van der Waals surface area contributed by atoms with Crippen molar-refractivity contribution in [3.63, 3.8) is 0 Å². The van der Waals surface area contributed by atoms with Gasteiger partial charge in [0.2, 0.25) is 0 Å². The number of ether oxygens (including phenoxy) is 2. The standard InChI is InChI=1S/C15H20O3/c16-14(10-13-6-2-1-3-7-13)11-17-12-15-8-4-5-9-18-15/h1-3,6-7,15H,4-5,8-12H2. The maximum Gasteiger partial charge on any atom is 0.162 e. The van der Waals surface area contributed by atoms with Crippen molar-refractivity contribution >= 4 is 5.78 Å². The van der Waals surface area contributed by atoms with E-state index in [1.807, 2.05) is 30.3 Å². The second-order valence-electron chi connectivity index (χ2n) is 4.70. The summed E-state index contributed by atoms with van der Waals surface area (Å²) in [6, 6.07) is 9.76. The van der Waals surface area contributed by atoms with Crippen LogP contribution in [0.2, 0.25) is 0 Å². The van der Waals surface area contributed by atoms with Crippen LogP contribution in [0.4, 0.5) is 0 Å². The van der Waals surface area contributed by atoms with Crippen LogP contribution in [0.1, 0.15) is 24.8 Å². The van der Waals surface area contributed by atoms with E-state index < -0.39 is 0 Å². The molecular weight excluding hydrogens is 228 g/mol. The molecule has 2 rings (SSSR count). The summed E-state index contributed by atoms with van der Waals surface area (Å²) >= 11 is 0. The van der Waals surface area contributed by atoms with Gasteiger partial charge in [-0.05, 0) is 24.8 Å². The highest BCUT2D eigenvalue weighted by atomic mass is 16.5. The molecule has 1 fully saturated rings. The molecule has 3 nitrogen and oxygen atoms in total. The lowest BCUT2D eigenvalue weighted by Gasteiger charge is -2.22. The van der Waals surface area contributed by atoms with Crippen LogP contribution in [0, 0.1) is 0 Å². The zero-order valence-corrected chi connectivity index (χ0v) is 10.6. The fourth-order valence-corrected chi connectivity index (χ4v) is 2.12. The molecule has 1 aromatic carbocycles. The average Bonchev–Trinajstić information content (AvgIpc) is 2.41. The van der Waals surface area contributed by atoms with Crippen molar-refractivity contribution in [1.82, 2.24) is 0 Å². The van der Waals surface area contributed by atoms with Crippen LogP contribution in [0.5, 0.6) is 0 Å². The molecule has 1 unspecified atom stereocenters. The van der Waals surface area contributed by atoms with E-state index in [1.165, 1.54) is 6.42 Å². The maximum atomic E-state index is 11.7. The van der Waals surface area contributed by atoms with E-state index in [0.29, 0.717) is 13.0 Å². The SMILES string of the molecule is O=C(COCC1CCCCO1)Cc1ccccc1. The number of hydrogen-bond donors (Lipinski definition) is 0. The van der Waals surface area contributed by atoms with Crippen molar-refractivity contribution in [2.75, 3.05) is 19.8 Å². The lowest BCUT2D eigenvalue weighted by atomic mass is 10.1. The van der Waals surface area contributed by atoms with Crippen LogP contribution >= 0.6 is 0 Å². The van der Waals surface area contributed by atoms with Crippen LogP contribution in [-0.4, -0.2) is 31.7 Å². The molecule has 1 atom stereocenters. The molecule has 1 saturated heterocycles. The van der Waals surface area contributed by atoms with E-state index >= 15 is 0 Å². The smallest absolute Gasteiger partial charge is 0.162 e. The van der Waals surface area contributed by atoms with Gasteiger partial charge in [0.15, 0.2) is 5.78 Å². The second kappa shape index (κ2) is 7.29. The van der Waals surface area contributed by atoms with Gasteiger partial charge in [0, 0.05) is 13.0 Å². The molecule has 18 heavy (non-hydrogen) atoms. The molecule has 0 radical (unpaired) electrons. The summed E-state index contributed by atoms with van der Waals surface area (Å²) < 4.78 is 11.0. The van der Waals surface area contributed by atoms with Crippen LogP contribution in [0.15, 0.2) is 30.3 Å². The highest BCUT2D eigenvalue weighted by Gasteiger charge is 2.14. The minimum absolute atomic E-state index is 0.122. The molecule has 0 aromatic heterocycles. The predicted molar refractivity (Wildman–Crippen MR) is 69.6 cm³/mol. The Morgan fingerprint density at radius 3 is 2.83 bits per heavy atom. The molecule has 3 heteroatoms. The van der Waals surface area contributed by atoms with Crippen molar-refractivity contribution < 1.29 is 14.3 Å². The quantitative estimate of drug-likeness (QED) is 0.775. The largest absolute Gasteiger partial charge is 0.376 e. The van der Waals surface area contributed by atoms with Crippen LogP contribution < -0.4 is 0 Å². The summed E-state index contributed by atoms with van der Waals surface area (Å²) in [4.78, 5) is 11.7. The van der Waals surface area contributed by atoms with Crippen molar-refractivity contribution in [3.05, 3.63) is 35.9 Å². The highest BCUT2D eigenvalue weighted by molar-refractivity contribution is 5.82. The fraction of sp³-hybridized carbons (Fsp3) is 0.533. The normalized spacial score (nSPS) is 19.7. The van der Waals surface area contributed by atoms with Crippen LogP contribution in [-0.2, 0) is 20.7 Å². The fourth-order valence-electron chi connectivity index (χ4n) is 2.12. The minimum atomic E-state index is 0.122. The van der Waals surface area contributed by atoms with E-state index in [0.717, 1.165) is 25.0 Å². The third kappa shape index (κ3) is 4.59. The van der Waals surface area contributed by atoms with E-state index in [1.54, 1.807) is 0 Å². The molecule has 0 aliphatic carbocycles. The van der Waals surface area contributed by atoms with Gasteiger partial charge in [-0.25, -0.2) is 0 Å². The van der Waals surface area contributed by atoms with E-state index in [2.05, 4.69) is 0 Å². The number of hydrogen-bond acceptors (Lipinski definition) is 3. The van der Waals surface area contributed by atoms with Crippen LogP contribution in [0.25, 0.3) is 0 Å². The Morgan fingerprint density at radius 2 is 2.11 bits per heavy atom.